The molecule has 0 aliphatic rings. The highest BCUT2D eigenvalue weighted by Crippen LogP contribution is 1.81. The third-order valence-electron chi connectivity index (χ3n) is 0.949. The SMILES string of the molecule is O=C(CS)NC(CO)CO. The molecule has 0 aromatic carbocycles. The Morgan fingerprint density at radius 3 is 2.30 bits per heavy atom. The molecule has 0 aliphatic carbocycles. The van der Waals surface area contributed by atoms with E-state index in [2.05, 4.69) is 17.9 Å². The minimum absolute atomic E-state index is 0.0660. The van der Waals surface area contributed by atoms with Gasteiger partial charge in [-0.25, -0.2) is 0 Å². The van der Waals surface area contributed by atoms with E-state index in [0.29, 0.717) is 0 Å². The summed E-state index contributed by atoms with van der Waals surface area (Å²) in [6.45, 7) is -0.508. The summed E-state index contributed by atoms with van der Waals surface area (Å²) in [5.41, 5.74) is 0. The molecule has 5 heteroatoms. The minimum Gasteiger partial charge on any atom is -0.394 e. The van der Waals surface area contributed by atoms with Crippen molar-refractivity contribution in [1.82, 2.24) is 5.32 Å². The molecule has 60 valence electrons. The second kappa shape index (κ2) is 5.52. The molecule has 0 aromatic rings. The van der Waals surface area contributed by atoms with Crippen molar-refractivity contribution < 1.29 is 15.0 Å². The lowest BCUT2D eigenvalue weighted by Crippen LogP contribution is -2.40. The Labute approximate surface area is 64.7 Å². The number of thiol groups is 1. The molecule has 0 atom stereocenters. The van der Waals surface area contributed by atoms with Crippen LogP contribution >= 0.6 is 12.6 Å². The Kier molecular flexibility index (Phi) is 5.38. The van der Waals surface area contributed by atoms with Crippen molar-refractivity contribution in [2.75, 3.05) is 19.0 Å². The Bertz CT molecular complexity index is 105. The highest BCUT2D eigenvalue weighted by atomic mass is 32.1. The van der Waals surface area contributed by atoms with Crippen LogP contribution < -0.4 is 5.32 Å². The van der Waals surface area contributed by atoms with Gasteiger partial charge in [0.15, 0.2) is 0 Å². The zero-order chi connectivity index (χ0) is 7.98. The first kappa shape index (κ1) is 9.74. The van der Waals surface area contributed by atoms with E-state index in [1.165, 1.54) is 0 Å². The first-order valence-electron chi connectivity index (χ1n) is 2.86. The predicted molar refractivity (Wildman–Crippen MR) is 40.0 cm³/mol. The maximum Gasteiger partial charge on any atom is 0.230 e. The van der Waals surface area contributed by atoms with Crippen LogP contribution in [0, 0.1) is 0 Å². The average Bonchev–Trinajstić information content (AvgIpc) is 1.99. The van der Waals surface area contributed by atoms with Gasteiger partial charge in [0.05, 0.1) is 25.0 Å². The topological polar surface area (TPSA) is 69.6 Å². The fourth-order valence-electron chi connectivity index (χ4n) is 0.422. The highest BCUT2D eigenvalue weighted by molar-refractivity contribution is 7.81. The molecule has 4 nitrogen and oxygen atoms in total. The van der Waals surface area contributed by atoms with Crippen LogP contribution in [0.1, 0.15) is 0 Å². The first-order valence-corrected chi connectivity index (χ1v) is 3.49. The molecule has 10 heavy (non-hydrogen) atoms. The second-order valence-electron chi connectivity index (χ2n) is 1.79. The number of nitrogens with one attached hydrogen (secondary N) is 1. The lowest BCUT2D eigenvalue weighted by Gasteiger charge is -2.11. The normalized spacial score (nSPS) is 10.0. The van der Waals surface area contributed by atoms with Gasteiger partial charge < -0.3 is 15.5 Å². The number of hydrogen-bond acceptors (Lipinski definition) is 4. The van der Waals surface area contributed by atoms with Gasteiger partial charge in [0.2, 0.25) is 5.91 Å². The van der Waals surface area contributed by atoms with Crippen LogP contribution in [-0.4, -0.2) is 41.1 Å². The smallest absolute Gasteiger partial charge is 0.230 e. The van der Waals surface area contributed by atoms with E-state index >= 15 is 0 Å². The van der Waals surface area contributed by atoms with Gasteiger partial charge in [-0.05, 0) is 0 Å². The quantitative estimate of drug-likeness (QED) is 0.379. The molecule has 0 heterocycles. The van der Waals surface area contributed by atoms with Crippen molar-refractivity contribution in [3.8, 4) is 0 Å². The summed E-state index contributed by atoms with van der Waals surface area (Å²) in [6.07, 6.45) is 0. The third kappa shape index (κ3) is 3.71. The standard InChI is InChI=1S/C5H11NO3S/c7-1-4(2-8)6-5(9)3-10/h4,7-8,10H,1-3H2,(H,6,9). The number of carbonyl (C=O) groups excluding carboxylic acids is 1. The van der Waals surface area contributed by atoms with Gasteiger partial charge >= 0.3 is 0 Å². The van der Waals surface area contributed by atoms with Crippen molar-refractivity contribution in [1.29, 1.82) is 0 Å². The van der Waals surface area contributed by atoms with Crippen molar-refractivity contribution >= 4 is 18.5 Å². The van der Waals surface area contributed by atoms with E-state index in [1.54, 1.807) is 0 Å². The Hall–Kier alpha value is -0.260. The van der Waals surface area contributed by atoms with Crippen LogP contribution in [0.4, 0.5) is 0 Å². The fourth-order valence-corrected chi connectivity index (χ4v) is 0.514. The molecule has 1 amide bonds. The summed E-state index contributed by atoms with van der Waals surface area (Å²) in [4.78, 5) is 10.5. The summed E-state index contributed by atoms with van der Waals surface area (Å²) >= 11 is 3.69. The van der Waals surface area contributed by atoms with E-state index in [1.807, 2.05) is 0 Å². The molecule has 0 saturated heterocycles. The van der Waals surface area contributed by atoms with Crippen LogP contribution in [-0.2, 0) is 4.79 Å². The molecular weight excluding hydrogens is 154 g/mol. The van der Waals surface area contributed by atoms with Crippen LogP contribution in [0.25, 0.3) is 0 Å². The molecule has 0 bridgehead atoms. The number of hydrogen-bond donors (Lipinski definition) is 4. The Morgan fingerprint density at radius 1 is 1.50 bits per heavy atom. The number of aliphatic hydroxyl groups is 2. The van der Waals surface area contributed by atoms with Gasteiger partial charge in [0.25, 0.3) is 0 Å². The molecule has 0 spiro atoms. The summed E-state index contributed by atoms with van der Waals surface area (Å²) in [5.74, 6) is -0.229. The highest BCUT2D eigenvalue weighted by Gasteiger charge is 2.07. The molecule has 0 fully saturated rings. The van der Waals surface area contributed by atoms with Crippen molar-refractivity contribution in [2.24, 2.45) is 0 Å². The molecule has 0 rings (SSSR count). The lowest BCUT2D eigenvalue weighted by molar-refractivity contribution is -0.119. The van der Waals surface area contributed by atoms with Crippen molar-refractivity contribution in [3.05, 3.63) is 0 Å². The first-order chi connectivity index (χ1) is 4.74. The van der Waals surface area contributed by atoms with Gasteiger partial charge in [-0.3, -0.25) is 4.79 Å². The van der Waals surface area contributed by atoms with Crippen LogP contribution in [0.2, 0.25) is 0 Å². The van der Waals surface area contributed by atoms with Crippen LogP contribution in [0.5, 0.6) is 0 Å². The summed E-state index contributed by atoms with van der Waals surface area (Å²) in [5, 5.41) is 19.3. The zero-order valence-corrected chi connectivity index (χ0v) is 6.34. The van der Waals surface area contributed by atoms with Crippen molar-refractivity contribution in [3.63, 3.8) is 0 Å². The molecule has 3 N–H and O–H groups in total. The number of rotatable bonds is 4. The Morgan fingerprint density at radius 2 is 2.00 bits per heavy atom. The lowest BCUT2D eigenvalue weighted by atomic mass is 10.3. The van der Waals surface area contributed by atoms with E-state index < -0.39 is 6.04 Å². The number of carbonyl (C=O) groups is 1. The molecule has 0 aromatic heterocycles. The van der Waals surface area contributed by atoms with Crippen LogP contribution in [0.3, 0.4) is 0 Å². The number of aliphatic hydroxyl groups excluding tert-OH is 2. The molecular formula is C5H11NO3S. The second-order valence-corrected chi connectivity index (χ2v) is 2.10. The minimum atomic E-state index is -0.556. The van der Waals surface area contributed by atoms with E-state index in [0.717, 1.165) is 0 Å². The number of amides is 1. The predicted octanol–water partition coefficient (Wildman–Crippen LogP) is -1.61. The zero-order valence-electron chi connectivity index (χ0n) is 5.45. The average molecular weight is 165 g/mol. The maximum atomic E-state index is 10.5. The van der Waals surface area contributed by atoms with E-state index in [9.17, 15) is 4.79 Å². The van der Waals surface area contributed by atoms with E-state index in [-0.39, 0.29) is 24.9 Å². The molecule has 0 saturated carbocycles. The molecule has 0 unspecified atom stereocenters. The van der Waals surface area contributed by atoms with Gasteiger partial charge in [0.1, 0.15) is 0 Å². The van der Waals surface area contributed by atoms with Gasteiger partial charge in [-0.15, -0.1) is 0 Å². The van der Waals surface area contributed by atoms with Gasteiger partial charge in [0, 0.05) is 0 Å². The van der Waals surface area contributed by atoms with Crippen molar-refractivity contribution in [2.45, 2.75) is 6.04 Å². The Balaban J connectivity index is 3.52. The monoisotopic (exact) mass is 165 g/mol. The summed E-state index contributed by atoms with van der Waals surface area (Å²) in [6, 6.07) is -0.556. The summed E-state index contributed by atoms with van der Waals surface area (Å²) < 4.78 is 0. The molecule has 0 radical (unpaired) electrons. The van der Waals surface area contributed by atoms with Gasteiger partial charge in [-0.2, -0.15) is 12.6 Å². The largest absolute Gasteiger partial charge is 0.394 e. The summed E-state index contributed by atoms with van der Waals surface area (Å²) in [7, 11) is 0. The van der Waals surface area contributed by atoms with Crippen LogP contribution in [0.15, 0.2) is 0 Å². The fraction of sp³-hybridized carbons (Fsp3) is 0.800. The molecule has 0 aliphatic heterocycles. The van der Waals surface area contributed by atoms with E-state index in [4.69, 9.17) is 10.2 Å². The van der Waals surface area contributed by atoms with Gasteiger partial charge in [-0.1, -0.05) is 0 Å². The third-order valence-corrected chi connectivity index (χ3v) is 1.24. The maximum absolute atomic E-state index is 10.5.